The third-order valence-electron chi connectivity index (χ3n) is 5.10. The molecule has 0 unspecified atom stereocenters. The Labute approximate surface area is 162 Å². The minimum Gasteiger partial charge on any atom is -0.444 e. The molecule has 1 heterocycles. The molecule has 0 bridgehead atoms. The van der Waals surface area contributed by atoms with Gasteiger partial charge in [-0.25, -0.2) is 4.79 Å². The van der Waals surface area contributed by atoms with Gasteiger partial charge in [-0.15, -0.1) is 0 Å². The number of amides is 2. The van der Waals surface area contributed by atoms with E-state index in [1.54, 1.807) is 4.90 Å². The topological polar surface area (TPSA) is 58.6 Å². The number of hydrogen-bond donors (Lipinski definition) is 1. The highest BCUT2D eigenvalue weighted by molar-refractivity contribution is 5.91. The SMILES string of the molecule is CC(C)(C)OC(=O)N1CC2(CC(CC(=O)Nc3cccc(C(F)(F)F)c3)C2)C1. The number of halogens is 3. The molecule has 1 aliphatic carbocycles. The summed E-state index contributed by atoms with van der Waals surface area (Å²) in [4.78, 5) is 25.8. The Balaban J connectivity index is 1.42. The maximum absolute atomic E-state index is 12.7. The minimum absolute atomic E-state index is 0.0675. The molecule has 3 rings (SSSR count). The fraction of sp³-hybridized carbons (Fsp3) is 0.600. The molecule has 1 aliphatic heterocycles. The van der Waals surface area contributed by atoms with E-state index in [4.69, 9.17) is 4.74 Å². The highest BCUT2D eigenvalue weighted by Gasteiger charge is 2.54. The van der Waals surface area contributed by atoms with Crippen molar-refractivity contribution in [3.63, 3.8) is 0 Å². The number of nitrogens with one attached hydrogen (secondary N) is 1. The zero-order chi connectivity index (χ0) is 20.7. The number of rotatable bonds is 3. The van der Waals surface area contributed by atoms with Crippen LogP contribution in [0.25, 0.3) is 0 Å². The Kier molecular flexibility index (Phi) is 5.10. The van der Waals surface area contributed by atoms with Crippen molar-refractivity contribution >= 4 is 17.7 Å². The summed E-state index contributed by atoms with van der Waals surface area (Å²) in [7, 11) is 0. The van der Waals surface area contributed by atoms with E-state index in [1.807, 2.05) is 20.8 Å². The second-order valence-electron chi connectivity index (χ2n) is 8.94. The molecule has 1 aromatic carbocycles. The van der Waals surface area contributed by atoms with Crippen molar-refractivity contribution in [3.05, 3.63) is 29.8 Å². The summed E-state index contributed by atoms with van der Waals surface area (Å²) in [5, 5.41) is 2.55. The van der Waals surface area contributed by atoms with Crippen molar-refractivity contribution in [3.8, 4) is 0 Å². The van der Waals surface area contributed by atoms with E-state index in [2.05, 4.69) is 5.32 Å². The van der Waals surface area contributed by atoms with E-state index in [9.17, 15) is 22.8 Å². The molecule has 5 nitrogen and oxygen atoms in total. The van der Waals surface area contributed by atoms with E-state index < -0.39 is 17.3 Å². The average molecular weight is 398 g/mol. The Bertz CT molecular complexity index is 757. The van der Waals surface area contributed by atoms with E-state index in [1.165, 1.54) is 12.1 Å². The lowest BCUT2D eigenvalue weighted by molar-refractivity contribution is -0.137. The molecule has 1 saturated heterocycles. The van der Waals surface area contributed by atoms with E-state index in [0.717, 1.165) is 25.0 Å². The lowest BCUT2D eigenvalue weighted by Crippen LogP contribution is -2.64. The predicted molar refractivity (Wildman–Crippen MR) is 97.7 cm³/mol. The molecule has 2 aliphatic rings. The third-order valence-corrected chi connectivity index (χ3v) is 5.10. The first-order chi connectivity index (χ1) is 12.9. The van der Waals surface area contributed by atoms with Crippen LogP contribution >= 0.6 is 0 Å². The van der Waals surface area contributed by atoms with Gasteiger partial charge in [-0.2, -0.15) is 13.2 Å². The van der Waals surface area contributed by atoms with Crippen LogP contribution in [-0.2, 0) is 15.7 Å². The van der Waals surface area contributed by atoms with Gasteiger partial charge in [0.2, 0.25) is 5.91 Å². The van der Waals surface area contributed by atoms with Crippen molar-refractivity contribution in [2.75, 3.05) is 18.4 Å². The monoisotopic (exact) mass is 398 g/mol. The lowest BCUT2D eigenvalue weighted by Gasteiger charge is -2.58. The highest BCUT2D eigenvalue weighted by atomic mass is 19.4. The van der Waals surface area contributed by atoms with Crippen molar-refractivity contribution in [1.29, 1.82) is 0 Å². The van der Waals surface area contributed by atoms with Gasteiger partial charge in [-0.1, -0.05) is 6.07 Å². The maximum Gasteiger partial charge on any atom is 0.416 e. The molecule has 154 valence electrons. The normalized spacial score (nSPS) is 19.0. The van der Waals surface area contributed by atoms with Crippen LogP contribution in [0.15, 0.2) is 24.3 Å². The van der Waals surface area contributed by atoms with Gasteiger partial charge in [0, 0.05) is 30.6 Å². The van der Waals surface area contributed by atoms with Gasteiger partial charge < -0.3 is 15.0 Å². The Morgan fingerprint density at radius 3 is 2.43 bits per heavy atom. The smallest absolute Gasteiger partial charge is 0.416 e. The first-order valence-corrected chi connectivity index (χ1v) is 9.30. The summed E-state index contributed by atoms with van der Waals surface area (Å²) in [6, 6.07) is 4.62. The number of anilines is 1. The molecular formula is C20H25F3N2O3. The van der Waals surface area contributed by atoms with Crippen LogP contribution in [0.2, 0.25) is 0 Å². The highest BCUT2D eigenvalue weighted by Crippen LogP contribution is 2.53. The number of benzene rings is 1. The lowest BCUT2D eigenvalue weighted by atomic mass is 9.57. The fourth-order valence-corrected chi connectivity index (χ4v) is 4.03. The Morgan fingerprint density at radius 1 is 1.21 bits per heavy atom. The number of carbonyl (C=O) groups excluding carboxylic acids is 2. The van der Waals surface area contributed by atoms with Gasteiger partial charge >= 0.3 is 12.3 Å². The second kappa shape index (κ2) is 6.97. The summed E-state index contributed by atoms with van der Waals surface area (Å²) >= 11 is 0. The van der Waals surface area contributed by atoms with Crippen molar-refractivity contribution < 1.29 is 27.5 Å². The molecule has 0 atom stereocenters. The largest absolute Gasteiger partial charge is 0.444 e. The van der Waals surface area contributed by atoms with Crippen molar-refractivity contribution in [2.45, 2.75) is 51.8 Å². The van der Waals surface area contributed by atoms with Crippen LogP contribution in [-0.4, -0.2) is 35.6 Å². The molecule has 2 amide bonds. The van der Waals surface area contributed by atoms with Gasteiger partial charge in [0.05, 0.1) is 5.56 Å². The van der Waals surface area contributed by atoms with Gasteiger partial charge in [-0.05, 0) is 57.7 Å². The summed E-state index contributed by atoms with van der Waals surface area (Å²) in [5.74, 6) is -0.103. The number of carbonyl (C=O) groups is 2. The Morgan fingerprint density at radius 2 is 1.86 bits per heavy atom. The average Bonchev–Trinajstić information content (AvgIpc) is 2.45. The molecule has 1 N–H and O–H groups in total. The number of hydrogen-bond acceptors (Lipinski definition) is 3. The van der Waals surface area contributed by atoms with Gasteiger partial charge in [-0.3, -0.25) is 4.79 Å². The van der Waals surface area contributed by atoms with E-state index in [-0.39, 0.29) is 35.4 Å². The molecule has 1 saturated carbocycles. The van der Waals surface area contributed by atoms with Crippen LogP contribution in [0.4, 0.5) is 23.7 Å². The predicted octanol–water partition coefficient (Wildman–Crippen LogP) is 4.68. The summed E-state index contributed by atoms with van der Waals surface area (Å²) in [5.41, 5.74) is -1.10. The summed E-state index contributed by atoms with van der Waals surface area (Å²) in [6.07, 6.45) is -2.82. The molecule has 0 aromatic heterocycles. The number of alkyl halides is 3. The van der Waals surface area contributed by atoms with Crippen molar-refractivity contribution in [1.82, 2.24) is 4.90 Å². The van der Waals surface area contributed by atoms with E-state index >= 15 is 0 Å². The van der Waals surface area contributed by atoms with Gasteiger partial charge in [0.1, 0.15) is 5.60 Å². The fourth-order valence-electron chi connectivity index (χ4n) is 4.03. The van der Waals surface area contributed by atoms with E-state index in [0.29, 0.717) is 13.1 Å². The molecular weight excluding hydrogens is 373 g/mol. The number of likely N-dealkylation sites (tertiary alicyclic amines) is 1. The van der Waals surface area contributed by atoms with Crippen LogP contribution in [0.3, 0.4) is 0 Å². The summed E-state index contributed by atoms with van der Waals surface area (Å²) in [6.45, 7) is 6.73. The number of ether oxygens (including phenoxy) is 1. The van der Waals surface area contributed by atoms with Crippen LogP contribution < -0.4 is 5.32 Å². The van der Waals surface area contributed by atoms with Crippen molar-refractivity contribution in [2.24, 2.45) is 11.3 Å². The first kappa shape index (κ1) is 20.5. The maximum atomic E-state index is 12.7. The third kappa shape index (κ3) is 4.77. The molecule has 28 heavy (non-hydrogen) atoms. The van der Waals surface area contributed by atoms with Crippen LogP contribution in [0.5, 0.6) is 0 Å². The second-order valence-corrected chi connectivity index (χ2v) is 8.94. The molecule has 1 aromatic rings. The zero-order valence-corrected chi connectivity index (χ0v) is 16.2. The van der Waals surface area contributed by atoms with Gasteiger partial charge in [0.25, 0.3) is 0 Å². The van der Waals surface area contributed by atoms with Gasteiger partial charge in [0.15, 0.2) is 0 Å². The molecule has 1 spiro atoms. The van der Waals surface area contributed by atoms with Crippen LogP contribution in [0, 0.1) is 11.3 Å². The minimum atomic E-state index is -4.44. The zero-order valence-electron chi connectivity index (χ0n) is 16.2. The summed E-state index contributed by atoms with van der Waals surface area (Å²) < 4.78 is 43.6. The first-order valence-electron chi connectivity index (χ1n) is 9.30. The Hall–Kier alpha value is -2.25. The molecule has 0 radical (unpaired) electrons. The standard InChI is InChI=1S/C20H25F3N2O3/c1-18(2,3)28-17(27)25-11-19(12-25)9-13(10-19)7-16(26)24-15-6-4-5-14(8-15)20(21,22)23/h4-6,8,13H,7,9-12H2,1-3H3,(H,24,26). The number of nitrogens with zero attached hydrogens (tertiary/aromatic N) is 1. The quantitative estimate of drug-likeness (QED) is 0.804. The molecule has 2 fully saturated rings. The van der Waals surface area contributed by atoms with Crippen LogP contribution in [0.1, 0.15) is 45.6 Å². The molecule has 8 heteroatoms.